The molecule has 0 bridgehead atoms. The molecule has 0 fully saturated rings. The molecule has 0 aliphatic carbocycles. The first-order valence-corrected chi connectivity index (χ1v) is 18.9. The molecule has 262 valence electrons. The van der Waals surface area contributed by atoms with Crippen molar-refractivity contribution in [3.05, 3.63) is 200 Å². The van der Waals surface area contributed by atoms with E-state index in [1.54, 1.807) is 0 Å². The number of hydrogen-bond acceptors (Lipinski definition) is 3. The molecule has 3 heterocycles. The highest BCUT2D eigenvalue weighted by Gasteiger charge is 2.20. The fourth-order valence-electron chi connectivity index (χ4n) is 8.21. The minimum atomic E-state index is 0.653. The summed E-state index contributed by atoms with van der Waals surface area (Å²) in [5.41, 5.74) is 15.4. The molecule has 4 heteroatoms. The lowest BCUT2D eigenvalue weighted by Gasteiger charge is -2.11. The van der Waals surface area contributed by atoms with E-state index in [1.807, 2.05) is 24.3 Å². The van der Waals surface area contributed by atoms with E-state index in [2.05, 4.69) is 180 Å². The Morgan fingerprint density at radius 1 is 0.393 bits per heavy atom. The van der Waals surface area contributed by atoms with Gasteiger partial charge in [-0.3, -0.25) is 0 Å². The molecule has 0 aliphatic heterocycles. The smallest absolute Gasteiger partial charge is 0.180 e. The van der Waals surface area contributed by atoms with Crippen LogP contribution in [0.15, 0.2) is 205 Å². The van der Waals surface area contributed by atoms with E-state index in [1.165, 1.54) is 27.4 Å². The monoisotopic (exact) mass is 715 g/mol. The molecule has 11 rings (SSSR count). The molecule has 0 N–H and O–H groups in total. The van der Waals surface area contributed by atoms with Crippen LogP contribution in [0.4, 0.5) is 0 Å². The van der Waals surface area contributed by atoms with Gasteiger partial charge in [-0.05, 0) is 88.0 Å². The van der Waals surface area contributed by atoms with Crippen molar-refractivity contribution in [1.29, 1.82) is 0 Å². The van der Waals surface area contributed by atoms with Crippen LogP contribution >= 0.6 is 0 Å². The van der Waals surface area contributed by atoms with Gasteiger partial charge in [0.25, 0.3) is 0 Å². The highest BCUT2D eigenvalue weighted by atomic mass is 16.3. The summed E-state index contributed by atoms with van der Waals surface area (Å²) in [5, 5.41) is 3.45. The van der Waals surface area contributed by atoms with Gasteiger partial charge in [-0.1, -0.05) is 146 Å². The molecule has 0 saturated heterocycles. The minimum Gasteiger partial charge on any atom is -0.452 e. The molecular formula is C52H33N3O. The number of hydrogen-bond donors (Lipinski definition) is 0. The molecule has 8 aromatic carbocycles. The SMILES string of the molecule is c1ccc(-c2cccc(-c3nc(-c4cccc(-c5cccc(-c6cccc7c6c6ccccc6n7-c6ccccc6)c5)c4)nc4c3oc3ccccc34)c2)cc1. The largest absolute Gasteiger partial charge is 0.452 e. The number of para-hydroxylation sites is 3. The third kappa shape index (κ3) is 5.31. The van der Waals surface area contributed by atoms with E-state index in [-0.39, 0.29) is 0 Å². The molecule has 3 aromatic heterocycles. The highest BCUT2D eigenvalue weighted by molar-refractivity contribution is 6.16. The van der Waals surface area contributed by atoms with Gasteiger partial charge in [0.15, 0.2) is 11.4 Å². The number of fused-ring (bicyclic) bond motifs is 6. The van der Waals surface area contributed by atoms with Gasteiger partial charge in [-0.25, -0.2) is 9.97 Å². The molecule has 11 aromatic rings. The van der Waals surface area contributed by atoms with Gasteiger partial charge in [0.1, 0.15) is 16.8 Å². The van der Waals surface area contributed by atoms with Crippen LogP contribution in [0.5, 0.6) is 0 Å². The predicted molar refractivity (Wildman–Crippen MR) is 231 cm³/mol. The Morgan fingerprint density at radius 2 is 0.946 bits per heavy atom. The molecule has 0 saturated carbocycles. The van der Waals surface area contributed by atoms with Crippen molar-refractivity contribution in [3.8, 4) is 61.7 Å². The minimum absolute atomic E-state index is 0.653. The fourth-order valence-corrected chi connectivity index (χ4v) is 8.21. The Bertz CT molecular complexity index is 3250. The van der Waals surface area contributed by atoms with Gasteiger partial charge >= 0.3 is 0 Å². The first-order chi connectivity index (χ1) is 27.8. The Labute approximate surface area is 323 Å². The van der Waals surface area contributed by atoms with Crippen molar-refractivity contribution in [2.75, 3.05) is 0 Å². The third-order valence-electron chi connectivity index (χ3n) is 10.8. The summed E-state index contributed by atoms with van der Waals surface area (Å²) < 4.78 is 8.85. The van der Waals surface area contributed by atoms with Crippen LogP contribution in [0.2, 0.25) is 0 Å². The van der Waals surface area contributed by atoms with Gasteiger partial charge in [0.05, 0.1) is 11.0 Å². The summed E-state index contributed by atoms with van der Waals surface area (Å²) in [6.45, 7) is 0. The average molecular weight is 716 g/mol. The zero-order valence-corrected chi connectivity index (χ0v) is 30.3. The Morgan fingerprint density at radius 3 is 1.75 bits per heavy atom. The Kier molecular flexibility index (Phi) is 7.46. The maximum atomic E-state index is 6.48. The molecule has 56 heavy (non-hydrogen) atoms. The van der Waals surface area contributed by atoms with Crippen molar-refractivity contribution in [2.24, 2.45) is 0 Å². The summed E-state index contributed by atoms with van der Waals surface area (Å²) >= 11 is 0. The molecular weight excluding hydrogens is 683 g/mol. The topological polar surface area (TPSA) is 43.9 Å². The van der Waals surface area contributed by atoms with Crippen LogP contribution in [0.1, 0.15) is 0 Å². The zero-order chi connectivity index (χ0) is 37.0. The summed E-state index contributed by atoms with van der Waals surface area (Å²) in [7, 11) is 0. The standard InChI is InChI=1S/C52H33N3O/c1-3-15-34(16-4-1)35-17-12-21-39(32-35)49-51-50(44-26-8-10-30-47(44)56-51)54-52(53-49)40-22-13-19-37(33-40)36-18-11-20-38(31-36)42-27-14-29-46-48(42)43-25-7-9-28-45(43)55(46)41-23-5-2-6-24-41/h1-33H. The van der Waals surface area contributed by atoms with Crippen LogP contribution in [0.3, 0.4) is 0 Å². The van der Waals surface area contributed by atoms with Crippen LogP contribution < -0.4 is 0 Å². The van der Waals surface area contributed by atoms with E-state index < -0.39 is 0 Å². The third-order valence-corrected chi connectivity index (χ3v) is 10.8. The molecule has 0 spiro atoms. The van der Waals surface area contributed by atoms with Crippen molar-refractivity contribution in [1.82, 2.24) is 14.5 Å². The highest BCUT2D eigenvalue weighted by Crippen LogP contribution is 2.41. The Hall–Kier alpha value is -7.56. The normalized spacial score (nSPS) is 11.6. The van der Waals surface area contributed by atoms with E-state index in [0.717, 1.165) is 66.8 Å². The molecule has 0 amide bonds. The van der Waals surface area contributed by atoms with E-state index in [9.17, 15) is 0 Å². The van der Waals surface area contributed by atoms with Crippen LogP contribution in [0, 0.1) is 0 Å². The van der Waals surface area contributed by atoms with Crippen molar-refractivity contribution in [3.63, 3.8) is 0 Å². The average Bonchev–Trinajstić information content (AvgIpc) is 3.83. The van der Waals surface area contributed by atoms with E-state index in [0.29, 0.717) is 11.4 Å². The fraction of sp³-hybridized carbons (Fsp3) is 0. The predicted octanol–water partition coefficient (Wildman–Crippen LogP) is 13.8. The second-order valence-electron chi connectivity index (χ2n) is 14.2. The van der Waals surface area contributed by atoms with Gasteiger partial charge in [0, 0.05) is 33.0 Å². The summed E-state index contributed by atoms with van der Waals surface area (Å²) in [6.07, 6.45) is 0. The summed E-state index contributed by atoms with van der Waals surface area (Å²) in [4.78, 5) is 10.4. The lowest BCUT2D eigenvalue weighted by Crippen LogP contribution is -1.94. The molecule has 0 radical (unpaired) electrons. The number of nitrogens with zero attached hydrogens (tertiary/aromatic N) is 3. The maximum Gasteiger partial charge on any atom is 0.180 e. The van der Waals surface area contributed by atoms with Crippen LogP contribution in [0.25, 0.3) is 106 Å². The van der Waals surface area contributed by atoms with E-state index in [4.69, 9.17) is 14.4 Å². The number of benzene rings is 8. The van der Waals surface area contributed by atoms with Gasteiger partial charge < -0.3 is 8.98 Å². The molecule has 0 atom stereocenters. The van der Waals surface area contributed by atoms with Crippen molar-refractivity contribution < 1.29 is 4.42 Å². The summed E-state index contributed by atoms with van der Waals surface area (Å²) in [5.74, 6) is 0.653. The maximum absolute atomic E-state index is 6.48. The first-order valence-electron chi connectivity index (χ1n) is 18.9. The van der Waals surface area contributed by atoms with Crippen molar-refractivity contribution >= 4 is 43.9 Å². The van der Waals surface area contributed by atoms with Crippen molar-refractivity contribution in [2.45, 2.75) is 0 Å². The van der Waals surface area contributed by atoms with E-state index >= 15 is 0 Å². The number of furan rings is 1. The van der Waals surface area contributed by atoms with Gasteiger partial charge in [-0.2, -0.15) is 0 Å². The molecule has 0 unspecified atom stereocenters. The van der Waals surface area contributed by atoms with Crippen LogP contribution in [-0.4, -0.2) is 14.5 Å². The van der Waals surface area contributed by atoms with Gasteiger partial charge in [-0.15, -0.1) is 0 Å². The molecule has 0 aliphatic rings. The lowest BCUT2D eigenvalue weighted by molar-refractivity contribution is 0.667. The summed E-state index contributed by atoms with van der Waals surface area (Å²) in [6, 6.07) is 70.4. The quantitative estimate of drug-likeness (QED) is 0.172. The second kappa shape index (κ2) is 13.1. The number of aromatic nitrogens is 3. The van der Waals surface area contributed by atoms with Crippen LogP contribution in [-0.2, 0) is 0 Å². The Balaban J connectivity index is 1.04. The number of rotatable bonds is 6. The second-order valence-corrected chi connectivity index (χ2v) is 14.2. The lowest BCUT2D eigenvalue weighted by atomic mass is 9.95. The first kappa shape index (κ1) is 31.9. The molecule has 4 nitrogen and oxygen atoms in total. The zero-order valence-electron chi connectivity index (χ0n) is 30.3. The van der Waals surface area contributed by atoms with Gasteiger partial charge in [0.2, 0.25) is 0 Å².